The molecule has 0 N–H and O–H groups in total. The summed E-state index contributed by atoms with van der Waals surface area (Å²) in [6.45, 7) is 8.80. The number of halogens is 1. The van der Waals surface area contributed by atoms with Gasteiger partial charge in [-0.1, -0.05) is 47.3 Å². The number of hydrogen-bond acceptors (Lipinski definition) is 1. The number of carbonyl (C=O) groups is 1. The van der Waals surface area contributed by atoms with Gasteiger partial charge in [0.2, 0.25) is 0 Å². The average molecular weight is 215 g/mol. The van der Waals surface area contributed by atoms with Gasteiger partial charge in [0.25, 0.3) is 0 Å². The summed E-state index contributed by atoms with van der Waals surface area (Å²) in [4.78, 5) is 11.1. The molecule has 0 aliphatic rings. The minimum Gasteiger partial charge on any atom is -0.293 e. The zero-order valence-corrected chi connectivity index (χ0v) is 8.10. The summed E-state index contributed by atoms with van der Waals surface area (Å²) in [5.74, 6) is 0.0277. The Kier molecular flexibility index (Phi) is 4.79. The highest BCUT2D eigenvalue weighted by Gasteiger charge is 2.10. The van der Waals surface area contributed by atoms with Crippen LogP contribution >= 0.6 is 15.9 Å². The molecule has 0 aromatic carbocycles. The lowest BCUT2D eigenvalue weighted by Gasteiger charge is -2.01. The standard InChI is InChI=1S/C9H11BrO/c1-4-6-8(5-2)9(11)7(3)10/h4-7H,1-2H2,3H3/b8-6+. The molecule has 0 rings (SSSR count). The van der Waals surface area contributed by atoms with E-state index in [9.17, 15) is 4.79 Å². The third-order valence-electron chi connectivity index (χ3n) is 1.16. The van der Waals surface area contributed by atoms with Crippen molar-refractivity contribution in [2.24, 2.45) is 0 Å². The van der Waals surface area contributed by atoms with Crippen LogP contribution in [0.5, 0.6) is 0 Å². The van der Waals surface area contributed by atoms with Gasteiger partial charge in [-0.3, -0.25) is 4.79 Å². The molecule has 0 heterocycles. The lowest BCUT2D eigenvalue weighted by molar-refractivity contribution is -0.114. The van der Waals surface area contributed by atoms with Gasteiger partial charge in [-0.2, -0.15) is 0 Å². The smallest absolute Gasteiger partial charge is 0.176 e. The fourth-order valence-corrected chi connectivity index (χ4v) is 0.872. The summed E-state index contributed by atoms with van der Waals surface area (Å²) in [5, 5.41) is 0. The largest absolute Gasteiger partial charge is 0.293 e. The minimum atomic E-state index is -0.160. The van der Waals surface area contributed by atoms with E-state index in [4.69, 9.17) is 0 Å². The molecule has 0 aliphatic heterocycles. The molecule has 0 spiro atoms. The van der Waals surface area contributed by atoms with Crippen molar-refractivity contribution in [3.8, 4) is 0 Å². The molecule has 0 fully saturated rings. The highest BCUT2D eigenvalue weighted by molar-refractivity contribution is 9.10. The first kappa shape index (κ1) is 10.4. The highest BCUT2D eigenvalue weighted by Crippen LogP contribution is 2.08. The van der Waals surface area contributed by atoms with E-state index < -0.39 is 0 Å². The molecular weight excluding hydrogens is 204 g/mol. The maximum Gasteiger partial charge on any atom is 0.176 e. The Morgan fingerprint density at radius 1 is 1.55 bits per heavy atom. The normalized spacial score (nSPS) is 13.8. The van der Waals surface area contributed by atoms with Crippen molar-refractivity contribution in [1.82, 2.24) is 0 Å². The van der Waals surface area contributed by atoms with E-state index in [1.807, 2.05) is 0 Å². The van der Waals surface area contributed by atoms with Gasteiger partial charge < -0.3 is 0 Å². The third-order valence-corrected chi connectivity index (χ3v) is 1.58. The highest BCUT2D eigenvalue weighted by atomic mass is 79.9. The van der Waals surface area contributed by atoms with Crippen LogP contribution in [0.15, 0.2) is 37.0 Å². The predicted octanol–water partition coefficient (Wildman–Crippen LogP) is 2.64. The van der Waals surface area contributed by atoms with Crippen LogP contribution in [0.4, 0.5) is 0 Å². The van der Waals surface area contributed by atoms with E-state index >= 15 is 0 Å². The Hall–Kier alpha value is -0.630. The van der Waals surface area contributed by atoms with Crippen LogP contribution in [0.1, 0.15) is 6.92 Å². The van der Waals surface area contributed by atoms with E-state index in [0.717, 1.165) is 0 Å². The van der Waals surface area contributed by atoms with Crippen molar-refractivity contribution in [2.75, 3.05) is 0 Å². The molecule has 2 heteroatoms. The van der Waals surface area contributed by atoms with Crippen molar-refractivity contribution < 1.29 is 4.79 Å². The molecule has 0 bridgehead atoms. The second kappa shape index (κ2) is 5.08. The minimum absolute atomic E-state index is 0.0277. The number of alkyl halides is 1. The van der Waals surface area contributed by atoms with Crippen LogP contribution in [0, 0.1) is 0 Å². The van der Waals surface area contributed by atoms with Crippen LogP contribution in [0.2, 0.25) is 0 Å². The molecule has 0 aliphatic carbocycles. The van der Waals surface area contributed by atoms with Gasteiger partial charge >= 0.3 is 0 Å². The Bertz CT molecular complexity index is 202. The molecule has 0 aromatic rings. The summed E-state index contributed by atoms with van der Waals surface area (Å²) in [5.41, 5.74) is 0.587. The van der Waals surface area contributed by atoms with Crippen molar-refractivity contribution >= 4 is 21.7 Å². The van der Waals surface area contributed by atoms with E-state index in [2.05, 4.69) is 29.1 Å². The summed E-state index contributed by atoms with van der Waals surface area (Å²) in [7, 11) is 0. The molecule has 1 nitrogen and oxygen atoms in total. The van der Waals surface area contributed by atoms with Crippen molar-refractivity contribution in [1.29, 1.82) is 0 Å². The zero-order valence-electron chi connectivity index (χ0n) is 6.51. The first-order chi connectivity index (χ1) is 5.13. The molecule has 0 radical (unpaired) electrons. The molecule has 60 valence electrons. The molecule has 0 saturated heterocycles. The van der Waals surface area contributed by atoms with Gasteiger partial charge in [-0.25, -0.2) is 0 Å². The lowest BCUT2D eigenvalue weighted by atomic mass is 10.1. The SMILES string of the molecule is C=C/C=C(\C=C)C(=O)C(C)Br. The number of hydrogen-bond donors (Lipinski definition) is 0. The number of allylic oxidation sites excluding steroid dienone is 4. The summed E-state index contributed by atoms with van der Waals surface area (Å²) < 4.78 is 0. The molecule has 1 atom stereocenters. The lowest BCUT2D eigenvalue weighted by Crippen LogP contribution is -2.10. The fraction of sp³-hybridized carbons (Fsp3) is 0.222. The monoisotopic (exact) mass is 214 g/mol. The van der Waals surface area contributed by atoms with Gasteiger partial charge in [0, 0.05) is 5.57 Å². The van der Waals surface area contributed by atoms with Crippen molar-refractivity contribution in [3.63, 3.8) is 0 Å². The van der Waals surface area contributed by atoms with Gasteiger partial charge in [-0.05, 0) is 6.92 Å². The Balaban J connectivity index is 4.51. The van der Waals surface area contributed by atoms with E-state index in [1.165, 1.54) is 6.08 Å². The van der Waals surface area contributed by atoms with E-state index in [-0.39, 0.29) is 10.6 Å². The first-order valence-corrected chi connectivity index (χ1v) is 4.18. The number of ketones is 1. The van der Waals surface area contributed by atoms with Crippen LogP contribution in [-0.2, 0) is 4.79 Å². The molecule has 0 amide bonds. The topological polar surface area (TPSA) is 17.1 Å². The van der Waals surface area contributed by atoms with Gasteiger partial charge in [0.1, 0.15) is 0 Å². The second-order valence-electron chi connectivity index (χ2n) is 2.04. The van der Waals surface area contributed by atoms with Gasteiger partial charge in [0.15, 0.2) is 5.78 Å². The fourth-order valence-electron chi connectivity index (χ4n) is 0.607. The Morgan fingerprint density at radius 3 is 2.36 bits per heavy atom. The van der Waals surface area contributed by atoms with Crippen LogP contribution in [0.3, 0.4) is 0 Å². The van der Waals surface area contributed by atoms with Crippen molar-refractivity contribution in [3.05, 3.63) is 37.0 Å². The number of Topliss-reactive ketones (excluding diaryl/α,β-unsaturated/α-hetero) is 1. The maximum absolute atomic E-state index is 11.2. The summed E-state index contributed by atoms with van der Waals surface area (Å²) in [6, 6.07) is 0. The van der Waals surface area contributed by atoms with Crippen LogP contribution in [-0.4, -0.2) is 10.6 Å². The van der Waals surface area contributed by atoms with E-state index in [0.29, 0.717) is 5.57 Å². The zero-order chi connectivity index (χ0) is 8.85. The Labute approximate surface area is 75.6 Å². The number of rotatable bonds is 4. The third kappa shape index (κ3) is 3.33. The Morgan fingerprint density at radius 2 is 2.09 bits per heavy atom. The second-order valence-corrected chi connectivity index (χ2v) is 3.42. The van der Waals surface area contributed by atoms with Gasteiger partial charge in [0.05, 0.1) is 4.83 Å². The molecule has 0 aromatic heterocycles. The molecule has 1 unspecified atom stereocenters. The number of carbonyl (C=O) groups excluding carboxylic acids is 1. The van der Waals surface area contributed by atoms with Crippen molar-refractivity contribution in [2.45, 2.75) is 11.8 Å². The predicted molar refractivity (Wildman–Crippen MR) is 51.9 cm³/mol. The summed E-state index contributed by atoms with van der Waals surface area (Å²) >= 11 is 3.18. The first-order valence-electron chi connectivity index (χ1n) is 3.27. The molecule has 11 heavy (non-hydrogen) atoms. The van der Waals surface area contributed by atoms with E-state index in [1.54, 1.807) is 19.1 Å². The maximum atomic E-state index is 11.2. The average Bonchev–Trinajstić information content (AvgIpc) is 1.98. The molecular formula is C9H11BrO. The molecule has 0 saturated carbocycles. The van der Waals surface area contributed by atoms with Crippen LogP contribution < -0.4 is 0 Å². The van der Waals surface area contributed by atoms with Crippen LogP contribution in [0.25, 0.3) is 0 Å². The summed E-state index contributed by atoms with van der Waals surface area (Å²) in [6.07, 6.45) is 4.75. The quantitative estimate of drug-likeness (QED) is 0.400. The van der Waals surface area contributed by atoms with Gasteiger partial charge in [-0.15, -0.1) is 0 Å².